The highest BCUT2D eigenvalue weighted by Crippen LogP contribution is 2.32. The number of benzene rings is 1. The lowest BCUT2D eigenvalue weighted by Crippen LogP contribution is -2.38. The van der Waals surface area contributed by atoms with Gasteiger partial charge in [0.25, 0.3) is 5.91 Å². The molecule has 0 spiro atoms. The first kappa shape index (κ1) is 15.4. The summed E-state index contributed by atoms with van der Waals surface area (Å²) in [6.45, 7) is 1.24. The molecule has 20 heavy (non-hydrogen) atoms. The van der Waals surface area contributed by atoms with Crippen molar-refractivity contribution in [3.63, 3.8) is 0 Å². The Hall–Kier alpha value is -0.970. The van der Waals surface area contributed by atoms with E-state index in [1.165, 1.54) is 12.5 Å². The standard InChI is InChI=1S/C14H17Cl2NO3/c15-11-6-10(8-18)14(12(16)7-11)20-9-13(19)17-4-2-1-3-5-17/h6-7,18H,1-5,8-9H2. The smallest absolute Gasteiger partial charge is 0.260 e. The summed E-state index contributed by atoms with van der Waals surface area (Å²) in [5, 5.41) is 10.0. The molecular weight excluding hydrogens is 301 g/mol. The summed E-state index contributed by atoms with van der Waals surface area (Å²) in [5.41, 5.74) is 0.481. The van der Waals surface area contributed by atoms with Crippen LogP contribution in [0, 0.1) is 0 Å². The largest absolute Gasteiger partial charge is 0.482 e. The number of ether oxygens (including phenoxy) is 1. The highest BCUT2D eigenvalue weighted by atomic mass is 35.5. The maximum atomic E-state index is 12.0. The van der Waals surface area contributed by atoms with Gasteiger partial charge >= 0.3 is 0 Å². The number of amides is 1. The number of nitrogens with zero attached hydrogens (tertiary/aromatic N) is 1. The quantitative estimate of drug-likeness (QED) is 0.929. The van der Waals surface area contributed by atoms with E-state index in [1.54, 1.807) is 11.0 Å². The van der Waals surface area contributed by atoms with Crippen molar-refractivity contribution in [1.29, 1.82) is 0 Å². The zero-order valence-corrected chi connectivity index (χ0v) is 12.6. The van der Waals surface area contributed by atoms with E-state index in [-0.39, 0.29) is 19.1 Å². The number of aliphatic hydroxyl groups excluding tert-OH is 1. The van der Waals surface area contributed by atoms with Crippen molar-refractivity contribution < 1.29 is 14.6 Å². The topological polar surface area (TPSA) is 49.8 Å². The number of hydrogen-bond acceptors (Lipinski definition) is 3. The van der Waals surface area contributed by atoms with E-state index in [2.05, 4.69) is 0 Å². The molecule has 1 N–H and O–H groups in total. The van der Waals surface area contributed by atoms with Crippen LogP contribution >= 0.6 is 23.2 Å². The zero-order chi connectivity index (χ0) is 14.5. The van der Waals surface area contributed by atoms with Crippen LogP contribution in [-0.2, 0) is 11.4 Å². The second-order valence-electron chi connectivity index (χ2n) is 4.76. The molecule has 110 valence electrons. The van der Waals surface area contributed by atoms with Gasteiger partial charge in [0.1, 0.15) is 5.75 Å². The van der Waals surface area contributed by atoms with E-state index in [0.717, 1.165) is 25.9 Å². The number of piperidine rings is 1. The van der Waals surface area contributed by atoms with Crippen LogP contribution in [-0.4, -0.2) is 35.6 Å². The van der Waals surface area contributed by atoms with Crippen molar-refractivity contribution in [3.8, 4) is 5.75 Å². The summed E-state index contributed by atoms with van der Waals surface area (Å²) in [5.74, 6) is 0.267. The van der Waals surface area contributed by atoms with Crippen LogP contribution in [0.25, 0.3) is 0 Å². The van der Waals surface area contributed by atoms with Crippen LogP contribution in [0.1, 0.15) is 24.8 Å². The van der Waals surface area contributed by atoms with E-state index < -0.39 is 0 Å². The lowest BCUT2D eigenvalue weighted by molar-refractivity contribution is -0.134. The maximum absolute atomic E-state index is 12.0. The number of carbonyl (C=O) groups is 1. The SMILES string of the molecule is O=C(COc1c(Cl)cc(Cl)cc1CO)N1CCCCC1. The fourth-order valence-corrected chi connectivity index (χ4v) is 2.85. The molecule has 0 radical (unpaired) electrons. The Morgan fingerprint density at radius 3 is 2.60 bits per heavy atom. The number of carbonyl (C=O) groups excluding carboxylic acids is 1. The summed E-state index contributed by atoms with van der Waals surface area (Å²) < 4.78 is 5.49. The first-order valence-corrected chi connectivity index (χ1v) is 7.36. The molecule has 6 heteroatoms. The number of likely N-dealkylation sites (tertiary alicyclic amines) is 1. The van der Waals surface area contributed by atoms with Crippen molar-refractivity contribution in [1.82, 2.24) is 4.90 Å². The Morgan fingerprint density at radius 2 is 1.95 bits per heavy atom. The third-order valence-electron chi connectivity index (χ3n) is 3.30. The minimum atomic E-state index is -0.243. The maximum Gasteiger partial charge on any atom is 0.260 e. The van der Waals surface area contributed by atoms with Gasteiger partial charge < -0.3 is 14.7 Å². The third kappa shape index (κ3) is 3.78. The van der Waals surface area contributed by atoms with Gasteiger partial charge in [0, 0.05) is 23.7 Å². The number of rotatable bonds is 4. The van der Waals surface area contributed by atoms with Gasteiger partial charge in [-0.05, 0) is 31.4 Å². The van der Waals surface area contributed by atoms with E-state index in [9.17, 15) is 9.90 Å². The van der Waals surface area contributed by atoms with Gasteiger partial charge in [-0.25, -0.2) is 0 Å². The average Bonchev–Trinajstić information content (AvgIpc) is 2.46. The molecule has 0 atom stereocenters. The molecule has 0 bridgehead atoms. The molecule has 2 rings (SSSR count). The minimum absolute atomic E-state index is 0.0559. The second kappa shape index (κ2) is 7.16. The molecule has 0 aliphatic carbocycles. The molecule has 1 heterocycles. The first-order chi connectivity index (χ1) is 9.61. The van der Waals surface area contributed by atoms with Gasteiger partial charge in [-0.3, -0.25) is 4.79 Å². The number of aliphatic hydroxyl groups is 1. The normalized spacial score (nSPS) is 15.2. The molecule has 0 aromatic heterocycles. The molecule has 1 amide bonds. The van der Waals surface area contributed by atoms with Crippen LogP contribution in [0.15, 0.2) is 12.1 Å². The van der Waals surface area contributed by atoms with Gasteiger partial charge in [0.2, 0.25) is 0 Å². The van der Waals surface area contributed by atoms with Gasteiger partial charge in [-0.1, -0.05) is 23.2 Å². The highest BCUT2D eigenvalue weighted by Gasteiger charge is 2.18. The molecule has 1 saturated heterocycles. The molecule has 4 nitrogen and oxygen atoms in total. The van der Waals surface area contributed by atoms with Crippen molar-refractivity contribution in [2.45, 2.75) is 25.9 Å². The van der Waals surface area contributed by atoms with Crippen LogP contribution in [0.2, 0.25) is 10.0 Å². The van der Waals surface area contributed by atoms with E-state index in [1.807, 2.05) is 0 Å². The second-order valence-corrected chi connectivity index (χ2v) is 5.61. The summed E-state index contributed by atoms with van der Waals surface area (Å²) >= 11 is 11.9. The molecule has 1 aromatic carbocycles. The Labute approximate surface area is 128 Å². The predicted molar refractivity (Wildman–Crippen MR) is 78.3 cm³/mol. The lowest BCUT2D eigenvalue weighted by Gasteiger charge is -2.26. The Morgan fingerprint density at radius 1 is 1.25 bits per heavy atom. The van der Waals surface area contributed by atoms with Crippen molar-refractivity contribution >= 4 is 29.1 Å². The van der Waals surface area contributed by atoms with Crippen LogP contribution in [0.4, 0.5) is 0 Å². The zero-order valence-electron chi connectivity index (χ0n) is 11.1. The van der Waals surface area contributed by atoms with Crippen LogP contribution in [0.3, 0.4) is 0 Å². The summed E-state index contributed by atoms with van der Waals surface area (Å²) in [7, 11) is 0. The first-order valence-electron chi connectivity index (χ1n) is 6.61. The van der Waals surface area contributed by atoms with E-state index >= 15 is 0 Å². The van der Waals surface area contributed by atoms with Gasteiger partial charge in [0.15, 0.2) is 6.61 Å². The molecule has 0 unspecified atom stereocenters. The Kier molecular flexibility index (Phi) is 5.52. The van der Waals surface area contributed by atoms with Crippen molar-refractivity contribution in [2.75, 3.05) is 19.7 Å². The van der Waals surface area contributed by atoms with Gasteiger partial charge in [-0.15, -0.1) is 0 Å². The average molecular weight is 318 g/mol. The number of halogens is 2. The number of hydrogen-bond donors (Lipinski definition) is 1. The molecule has 1 fully saturated rings. The Bertz CT molecular complexity index is 488. The van der Waals surface area contributed by atoms with Crippen molar-refractivity contribution in [2.24, 2.45) is 0 Å². The third-order valence-corrected chi connectivity index (χ3v) is 3.80. The fraction of sp³-hybridized carbons (Fsp3) is 0.500. The van der Waals surface area contributed by atoms with E-state index in [0.29, 0.717) is 21.4 Å². The van der Waals surface area contributed by atoms with Crippen LogP contribution < -0.4 is 4.74 Å². The monoisotopic (exact) mass is 317 g/mol. The molecular formula is C14H17Cl2NO3. The fourth-order valence-electron chi connectivity index (χ4n) is 2.26. The lowest BCUT2D eigenvalue weighted by atomic mass is 10.1. The summed E-state index contributed by atoms with van der Waals surface area (Å²) in [6, 6.07) is 3.11. The van der Waals surface area contributed by atoms with Crippen LogP contribution in [0.5, 0.6) is 5.75 Å². The summed E-state index contributed by atoms with van der Waals surface area (Å²) in [4.78, 5) is 13.8. The highest BCUT2D eigenvalue weighted by molar-refractivity contribution is 6.35. The van der Waals surface area contributed by atoms with Gasteiger partial charge in [0.05, 0.1) is 11.6 Å². The molecule has 1 aromatic rings. The predicted octanol–water partition coefficient (Wildman–Crippen LogP) is 2.88. The van der Waals surface area contributed by atoms with E-state index in [4.69, 9.17) is 27.9 Å². The summed E-state index contributed by atoms with van der Waals surface area (Å²) in [6.07, 6.45) is 3.24. The molecule has 1 aliphatic rings. The molecule has 0 saturated carbocycles. The van der Waals surface area contributed by atoms with Gasteiger partial charge in [-0.2, -0.15) is 0 Å². The Balaban J connectivity index is 2.01. The minimum Gasteiger partial charge on any atom is -0.482 e. The van der Waals surface area contributed by atoms with Crippen molar-refractivity contribution in [3.05, 3.63) is 27.7 Å². The molecule has 1 aliphatic heterocycles.